The average molecular weight is 204 g/mol. The Bertz CT molecular complexity index is 387. The molecule has 0 radical (unpaired) electrons. The number of hydrogen-bond acceptors (Lipinski definition) is 1. The number of aromatic nitrogens is 2. The second kappa shape index (κ2) is 3.10. The Morgan fingerprint density at radius 2 is 2.07 bits per heavy atom. The Labute approximate surface area is 91.7 Å². The van der Waals surface area contributed by atoms with Gasteiger partial charge in [0.2, 0.25) is 0 Å². The average Bonchev–Trinajstić information content (AvgIpc) is 2.55. The van der Waals surface area contributed by atoms with Gasteiger partial charge in [0, 0.05) is 18.7 Å². The molecule has 0 N–H and O–H groups in total. The molecule has 0 amide bonds. The van der Waals surface area contributed by atoms with E-state index < -0.39 is 0 Å². The van der Waals surface area contributed by atoms with Gasteiger partial charge in [-0.05, 0) is 37.5 Å². The summed E-state index contributed by atoms with van der Waals surface area (Å²) in [6.07, 6.45) is 7.61. The van der Waals surface area contributed by atoms with Gasteiger partial charge in [-0.1, -0.05) is 13.8 Å². The van der Waals surface area contributed by atoms with Crippen LogP contribution >= 0.6 is 0 Å². The largest absolute Gasteiger partial charge is 0.332 e. The molecule has 2 aliphatic rings. The van der Waals surface area contributed by atoms with Gasteiger partial charge in [0.05, 0.1) is 5.69 Å². The fraction of sp³-hybridized carbons (Fsp3) is 0.769. The van der Waals surface area contributed by atoms with Crippen LogP contribution in [0.3, 0.4) is 0 Å². The minimum Gasteiger partial charge on any atom is -0.332 e. The highest BCUT2D eigenvalue weighted by molar-refractivity contribution is 5.23. The highest BCUT2D eigenvalue weighted by atomic mass is 15.1. The number of imidazole rings is 1. The van der Waals surface area contributed by atoms with Crippen LogP contribution in [0.25, 0.3) is 0 Å². The zero-order chi connectivity index (χ0) is 10.5. The summed E-state index contributed by atoms with van der Waals surface area (Å²) >= 11 is 0. The van der Waals surface area contributed by atoms with E-state index in [9.17, 15) is 0 Å². The maximum Gasteiger partial charge on any atom is 0.109 e. The van der Waals surface area contributed by atoms with Gasteiger partial charge >= 0.3 is 0 Å². The molecule has 1 aromatic rings. The molecule has 1 aromatic heterocycles. The van der Waals surface area contributed by atoms with Crippen molar-refractivity contribution in [2.75, 3.05) is 0 Å². The first-order valence-corrected chi connectivity index (χ1v) is 6.23. The van der Waals surface area contributed by atoms with Gasteiger partial charge in [-0.3, -0.25) is 0 Å². The van der Waals surface area contributed by atoms with Crippen molar-refractivity contribution in [2.24, 2.45) is 5.41 Å². The van der Waals surface area contributed by atoms with Gasteiger partial charge < -0.3 is 4.57 Å². The third-order valence-electron chi connectivity index (χ3n) is 3.95. The topological polar surface area (TPSA) is 17.8 Å². The summed E-state index contributed by atoms with van der Waals surface area (Å²) in [5.74, 6) is 1.36. The molecular weight excluding hydrogens is 184 g/mol. The molecule has 0 atom stereocenters. The molecule has 0 fully saturated rings. The van der Waals surface area contributed by atoms with Gasteiger partial charge in [0.1, 0.15) is 5.82 Å². The van der Waals surface area contributed by atoms with Gasteiger partial charge in [-0.2, -0.15) is 0 Å². The summed E-state index contributed by atoms with van der Waals surface area (Å²) in [5.41, 5.74) is 3.45. The predicted octanol–water partition coefficient (Wildman–Crippen LogP) is 2.73. The number of hydrogen-bond donors (Lipinski definition) is 0. The predicted molar refractivity (Wildman–Crippen MR) is 61.0 cm³/mol. The Hall–Kier alpha value is -0.790. The summed E-state index contributed by atoms with van der Waals surface area (Å²) in [7, 11) is 0. The first-order chi connectivity index (χ1) is 7.16. The molecule has 1 aliphatic heterocycles. The van der Waals surface area contributed by atoms with Crippen LogP contribution in [0.5, 0.6) is 0 Å². The summed E-state index contributed by atoms with van der Waals surface area (Å²) in [5, 5.41) is 0. The van der Waals surface area contributed by atoms with Crippen LogP contribution in [-0.2, 0) is 25.8 Å². The minimum absolute atomic E-state index is 0.487. The van der Waals surface area contributed by atoms with E-state index in [1.165, 1.54) is 56.6 Å². The van der Waals surface area contributed by atoms with Crippen molar-refractivity contribution in [1.29, 1.82) is 0 Å². The lowest BCUT2D eigenvalue weighted by molar-refractivity contribution is 0.302. The molecule has 2 heteroatoms. The van der Waals surface area contributed by atoms with Crippen LogP contribution in [0.2, 0.25) is 0 Å². The Balaban J connectivity index is 2.04. The first-order valence-electron chi connectivity index (χ1n) is 6.23. The van der Waals surface area contributed by atoms with Crippen LogP contribution in [-0.4, -0.2) is 9.55 Å². The van der Waals surface area contributed by atoms with Crippen LogP contribution in [0.1, 0.15) is 50.3 Å². The molecule has 0 saturated carbocycles. The fourth-order valence-electron chi connectivity index (χ4n) is 3.00. The summed E-state index contributed by atoms with van der Waals surface area (Å²) in [6, 6.07) is 0. The van der Waals surface area contributed by atoms with Crippen molar-refractivity contribution in [3.8, 4) is 0 Å². The highest BCUT2D eigenvalue weighted by Crippen LogP contribution is 2.35. The lowest BCUT2D eigenvalue weighted by Crippen LogP contribution is -2.24. The Morgan fingerprint density at radius 3 is 2.93 bits per heavy atom. The van der Waals surface area contributed by atoms with Gasteiger partial charge in [-0.15, -0.1) is 0 Å². The molecule has 0 aromatic carbocycles. The van der Waals surface area contributed by atoms with Gasteiger partial charge in [-0.25, -0.2) is 4.98 Å². The number of nitrogens with zero attached hydrogens (tertiary/aromatic N) is 2. The van der Waals surface area contributed by atoms with Crippen molar-refractivity contribution in [3.05, 3.63) is 17.2 Å². The molecule has 82 valence electrons. The molecule has 0 saturated heterocycles. The Morgan fingerprint density at radius 1 is 1.20 bits per heavy atom. The van der Waals surface area contributed by atoms with E-state index in [1.54, 1.807) is 5.69 Å². The maximum atomic E-state index is 4.82. The molecule has 3 rings (SSSR count). The smallest absolute Gasteiger partial charge is 0.109 e. The fourth-order valence-corrected chi connectivity index (χ4v) is 3.00. The molecule has 0 spiro atoms. The lowest BCUT2D eigenvalue weighted by atomic mass is 9.78. The van der Waals surface area contributed by atoms with Gasteiger partial charge in [0.15, 0.2) is 0 Å². The van der Waals surface area contributed by atoms with Gasteiger partial charge in [0.25, 0.3) is 0 Å². The third-order valence-corrected chi connectivity index (χ3v) is 3.95. The van der Waals surface area contributed by atoms with Crippen molar-refractivity contribution in [3.63, 3.8) is 0 Å². The standard InChI is InChI=1S/C13H20N2/c1-13(2)7-6-10-11(9-13)15-8-4-3-5-12(15)14-10/h3-9H2,1-2H3. The summed E-state index contributed by atoms with van der Waals surface area (Å²) < 4.78 is 2.51. The normalized spacial score (nSPS) is 23.3. The molecule has 1 aliphatic carbocycles. The van der Waals surface area contributed by atoms with E-state index in [-0.39, 0.29) is 0 Å². The quantitative estimate of drug-likeness (QED) is 0.635. The zero-order valence-corrected chi connectivity index (χ0v) is 9.84. The van der Waals surface area contributed by atoms with E-state index in [0.29, 0.717) is 5.41 Å². The zero-order valence-electron chi connectivity index (χ0n) is 9.84. The number of rotatable bonds is 0. The third kappa shape index (κ3) is 1.51. The molecule has 15 heavy (non-hydrogen) atoms. The SMILES string of the molecule is CC1(C)CCc2nc3n(c2C1)CCCC3. The molecule has 2 nitrogen and oxygen atoms in total. The minimum atomic E-state index is 0.487. The molecular formula is C13H20N2. The van der Waals surface area contributed by atoms with E-state index in [4.69, 9.17) is 4.98 Å². The van der Waals surface area contributed by atoms with Crippen molar-refractivity contribution in [1.82, 2.24) is 9.55 Å². The number of fused-ring (bicyclic) bond motifs is 3. The summed E-state index contributed by atoms with van der Waals surface area (Å²) in [6.45, 7) is 5.99. The molecule has 2 heterocycles. The monoisotopic (exact) mass is 204 g/mol. The number of aryl methyl sites for hydroxylation is 2. The van der Waals surface area contributed by atoms with Crippen molar-refractivity contribution in [2.45, 2.75) is 58.9 Å². The van der Waals surface area contributed by atoms with Crippen molar-refractivity contribution >= 4 is 0 Å². The molecule has 0 unspecified atom stereocenters. The van der Waals surface area contributed by atoms with Crippen LogP contribution < -0.4 is 0 Å². The maximum absolute atomic E-state index is 4.82. The van der Waals surface area contributed by atoms with Crippen LogP contribution in [0.4, 0.5) is 0 Å². The van der Waals surface area contributed by atoms with E-state index in [0.717, 1.165) is 0 Å². The lowest BCUT2D eigenvalue weighted by Gasteiger charge is -2.30. The second-order valence-electron chi connectivity index (χ2n) is 5.87. The first kappa shape index (κ1) is 9.44. The van der Waals surface area contributed by atoms with Crippen molar-refractivity contribution < 1.29 is 0 Å². The summed E-state index contributed by atoms with van der Waals surface area (Å²) in [4.78, 5) is 4.82. The van der Waals surface area contributed by atoms with E-state index >= 15 is 0 Å². The van der Waals surface area contributed by atoms with Crippen LogP contribution in [0.15, 0.2) is 0 Å². The van der Waals surface area contributed by atoms with E-state index in [1.807, 2.05) is 0 Å². The van der Waals surface area contributed by atoms with E-state index in [2.05, 4.69) is 18.4 Å². The second-order valence-corrected chi connectivity index (χ2v) is 5.87. The molecule has 0 bridgehead atoms. The van der Waals surface area contributed by atoms with Crippen LogP contribution in [0, 0.1) is 5.41 Å². The Kier molecular flexibility index (Phi) is 1.95. The highest BCUT2D eigenvalue weighted by Gasteiger charge is 2.30.